The topological polar surface area (TPSA) is 107 Å². The normalized spacial score (nSPS) is 12.0. The summed E-state index contributed by atoms with van der Waals surface area (Å²) in [7, 11) is -4.04. The van der Waals surface area contributed by atoms with E-state index in [0.29, 0.717) is 5.69 Å². The van der Waals surface area contributed by atoms with Crippen LogP contribution in [0, 0.1) is 0 Å². The van der Waals surface area contributed by atoms with Crippen molar-refractivity contribution in [3.63, 3.8) is 0 Å². The van der Waals surface area contributed by atoms with Gasteiger partial charge in [-0.05, 0) is 51.7 Å². The number of rotatable bonds is 4. The maximum absolute atomic E-state index is 12.6. The van der Waals surface area contributed by atoms with Crippen LogP contribution in [0.4, 0.5) is 0 Å². The van der Waals surface area contributed by atoms with Crippen LogP contribution >= 0.6 is 0 Å². The van der Waals surface area contributed by atoms with Crippen LogP contribution in [0.5, 0.6) is 0 Å². The quantitative estimate of drug-likeness (QED) is 0.737. The van der Waals surface area contributed by atoms with Crippen molar-refractivity contribution in [2.45, 2.75) is 31.1 Å². The number of benzene rings is 2. The van der Waals surface area contributed by atoms with E-state index in [1.54, 1.807) is 24.3 Å². The summed E-state index contributed by atoms with van der Waals surface area (Å²) in [5.41, 5.74) is 1.72. The monoisotopic (exact) mass is 385 g/mol. The van der Waals surface area contributed by atoms with Crippen molar-refractivity contribution in [2.24, 2.45) is 0 Å². The fraction of sp³-hybridized carbons (Fsp3) is 0.222. The van der Waals surface area contributed by atoms with Gasteiger partial charge in [0.05, 0.1) is 10.6 Å². The van der Waals surface area contributed by atoms with E-state index in [-0.39, 0.29) is 15.9 Å². The molecule has 27 heavy (non-hydrogen) atoms. The Kier molecular flexibility index (Phi) is 4.79. The van der Waals surface area contributed by atoms with Gasteiger partial charge in [-0.2, -0.15) is 0 Å². The molecule has 1 aromatic heterocycles. The van der Waals surface area contributed by atoms with Gasteiger partial charge in [-0.1, -0.05) is 39.0 Å². The van der Waals surface area contributed by atoms with Crippen LogP contribution in [-0.2, 0) is 15.4 Å². The average Bonchev–Trinajstić information content (AvgIpc) is 3.15. The lowest BCUT2D eigenvalue weighted by Crippen LogP contribution is -2.30. The highest BCUT2D eigenvalue weighted by Crippen LogP contribution is 2.22. The van der Waals surface area contributed by atoms with Gasteiger partial charge in [-0.3, -0.25) is 4.79 Å². The Balaban J connectivity index is 1.82. The highest BCUT2D eigenvalue weighted by atomic mass is 32.2. The molecule has 0 saturated heterocycles. The molecule has 9 heteroatoms. The second-order valence-electron chi connectivity index (χ2n) is 7.01. The molecule has 0 bridgehead atoms. The summed E-state index contributed by atoms with van der Waals surface area (Å²) in [5, 5.41) is 10.8. The number of hydrogen-bond acceptors (Lipinski definition) is 6. The molecule has 8 nitrogen and oxygen atoms in total. The third-order valence-electron chi connectivity index (χ3n) is 3.98. The van der Waals surface area contributed by atoms with E-state index in [9.17, 15) is 13.2 Å². The molecule has 0 aliphatic carbocycles. The number of hydrogen-bond donors (Lipinski definition) is 1. The molecule has 3 aromatic rings. The highest BCUT2D eigenvalue weighted by molar-refractivity contribution is 7.90. The lowest BCUT2D eigenvalue weighted by Gasteiger charge is -2.19. The van der Waals surface area contributed by atoms with Crippen LogP contribution in [0.3, 0.4) is 0 Å². The first-order chi connectivity index (χ1) is 12.7. The number of amides is 1. The van der Waals surface area contributed by atoms with Crippen LogP contribution in [0.1, 0.15) is 36.7 Å². The number of nitrogens with one attached hydrogen (secondary N) is 1. The number of carbonyl (C=O) groups is 1. The number of tetrazole rings is 1. The number of nitrogens with zero attached hydrogens (tertiary/aromatic N) is 4. The molecule has 0 radical (unpaired) electrons. The molecular formula is C18H19N5O3S. The number of carbonyl (C=O) groups excluding carboxylic acids is 1. The van der Waals surface area contributed by atoms with Gasteiger partial charge in [0.1, 0.15) is 6.33 Å². The van der Waals surface area contributed by atoms with Gasteiger partial charge < -0.3 is 0 Å². The third-order valence-corrected chi connectivity index (χ3v) is 5.31. The van der Waals surface area contributed by atoms with E-state index in [0.717, 1.165) is 5.56 Å². The average molecular weight is 385 g/mol. The minimum atomic E-state index is -4.04. The Morgan fingerprint density at radius 2 is 1.78 bits per heavy atom. The third kappa shape index (κ3) is 4.20. The largest absolute Gasteiger partial charge is 0.268 e. The van der Waals surface area contributed by atoms with Crippen LogP contribution in [-0.4, -0.2) is 34.5 Å². The molecule has 0 unspecified atom stereocenters. The standard InChI is InChI=1S/C18H19N5O3S/c1-18(2,3)14-9-7-13(8-10-14)17(24)20-27(25,26)16-6-4-5-15(11-16)23-12-19-21-22-23/h4-12H,1-3H3,(H,20,24). The Bertz CT molecular complexity index is 1050. The molecule has 0 aliphatic heterocycles. The van der Waals surface area contributed by atoms with Crippen molar-refractivity contribution < 1.29 is 13.2 Å². The zero-order chi connectivity index (χ0) is 19.7. The fourth-order valence-corrected chi connectivity index (χ4v) is 3.45. The van der Waals surface area contributed by atoms with Crippen molar-refractivity contribution in [3.05, 3.63) is 66.0 Å². The van der Waals surface area contributed by atoms with Gasteiger partial charge in [0.15, 0.2) is 0 Å². The first kappa shape index (κ1) is 18.7. The summed E-state index contributed by atoms with van der Waals surface area (Å²) >= 11 is 0. The fourth-order valence-electron chi connectivity index (χ4n) is 2.43. The first-order valence-electron chi connectivity index (χ1n) is 8.18. The second kappa shape index (κ2) is 6.92. The van der Waals surface area contributed by atoms with Crippen LogP contribution in [0.15, 0.2) is 59.8 Å². The van der Waals surface area contributed by atoms with Crippen LogP contribution in [0.2, 0.25) is 0 Å². The van der Waals surface area contributed by atoms with Crippen molar-refractivity contribution in [1.82, 2.24) is 24.9 Å². The minimum absolute atomic E-state index is 0.0578. The Morgan fingerprint density at radius 3 is 2.37 bits per heavy atom. The predicted molar refractivity (Wildman–Crippen MR) is 98.9 cm³/mol. The molecular weight excluding hydrogens is 366 g/mol. The number of sulfonamides is 1. The zero-order valence-electron chi connectivity index (χ0n) is 15.1. The summed E-state index contributed by atoms with van der Waals surface area (Å²) in [6, 6.07) is 12.9. The minimum Gasteiger partial charge on any atom is -0.268 e. The van der Waals surface area contributed by atoms with Gasteiger partial charge in [0.2, 0.25) is 0 Å². The van der Waals surface area contributed by atoms with E-state index < -0.39 is 15.9 Å². The van der Waals surface area contributed by atoms with E-state index in [4.69, 9.17) is 0 Å². The molecule has 140 valence electrons. The first-order valence-corrected chi connectivity index (χ1v) is 9.66. The zero-order valence-corrected chi connectivity index (χ0v) is 15.9. The van der Waals surface area contributed by atoms with Gasteiger partial charge in [-0.15, -0.1) is 5.10 Å². The molecule has 0 saturated carbocycles. The Hall–Kier alpha value is -3.07. The van der Waals surface area contributed by atoms with E-state index >= 15 is 0 Å². The van der Waals surface area contributed by atoms with Gasteiger partial charge in [0, 0.05) is 5.56 Å². The number of aromatic nitrogens is 4. The molecule has 0 atom stereocenters. The highest BCUT2D eigenvalue weighted by Gasteiger charge is 2.20. The van der Waals surface area contributed by atoms with E-state index in [1.165, 1.54) is 23.1 Å². The molecule has 1 heterocycles. The van der Waals surface area contributed by atoms with Gasteiger partial charge in [0.25, 0.3) is 15.9 Å². The van der Waals surface area contributed by atoms with Crippen LogP contribution in [0.25, 0.3) is 5.69 Å². The molecule has 2 aromatic carbocycles. The van der Waals surface area contributed by atoms with Crippen molar-refractivity contribution >= 4 is 15.9 Å². The summed E-state index contributed by atoms with van der Waals surface area (Å²) < 4.78 is 28.6. The molecule has 0 spiro atoms. The van der Waals surface area contributed by atoms with Gasteiger partial charge >= 0.3 is 0 Å². The molecule has 3 rings (SSSR count). The van der Waals surface area contributed by atoms with Crippen LogP contribution < -0.4 is 4.72 Å². The Labute approximate surface area is 157 Å². The van der Waals surface area contributed by atoms with Gasteiger partial charge in [-0.25, -0.2) is 17.8 Å². The summed E-state index contributed by atoms with van der Waals surface area (Å²) in [6.45, 7) is 6.18. The molecule has 0 fully saturated rings. The van der Waals surface area contributed by atoms with Crippen molar-refractivity contribution in [3.8, 4) is 5.69 Å². The molecule has 1 N–H and O–H groups in total. The van der Waals surface area contributed by atoms with Crippen molar-refractivity contribution in [2.75, 3.05) is 0 Å². The smallest absolute Gasteiger partial charge is 0.264 e. The summed E-state index contributed by atoms with van der Waals surface area (Å²) in [6.07, 6.45) is 1.35. The SMILES string of the molecule is CC(C)(C)c1ccc(C(=O)NS(=O)(=O)c2cccc(-n3cnnn3)c2)cc1. The molecule has 1 amide bonds. The lowest BCUT2D eigenvalue weighted by molar-refractivity contribution is 0.0981. The van der Waals surface area contributed by atoms with Crippen molar-refractivity contribution in [1.29, 1.82) is 0 Å². The summed E-state index contributed by atoms with van der Waals surface area (Å²) in [4.78, 5) is 12.3. The molecule has 0 aliphatic rings. The predicted octanol–water partition coefficient (Wildman–Crippen LogP) is 2.08. The summed E-state index contributed by atoms with van der Waals surface area (Å²) in [5.74, 6) is -0.691. The van der Waals surface area contributed by atoms with E-state index in [2.05, 4.69) is 41.0 Å². The maximum atomic E-state index is 12.6. The lowest BCUT2D eigenvalue weighted by atomic mass is 9.87. The van der Waals surface area contributed by atoms with E-state index in [1.807, 2.05) is 12.1 Å². The Morgan fingerprint density at radius 1 is 1.07 bits per heavy atom. The maximum Gasteiger partial charge on any atom is 0.264 e. The second-order valence-corrected chi connectivity index (χ2v) is 8.70.